The highest BCUT2D eigenvalue weighted by Gasteiger charge is 2.21. The number of nitrogens with one attached hydrogen (secondary N) is 1. The smallest absolute Gasteiger partial charge is 0.270 e. The minimum atomic E-state index is -0.316. The molecule has 202 valence electrons. The van der Waals surface area contributed by atoms with Crippen molar-refractivity contribution in [3.63, 3.8) is 0 Å². The Morgan fingerprint density at radius 3 is 2.64 bits per heavy atom. The third-order valence-electron chi connectivity index (χ3n) is 6.60. The summed E-state index contributed by atoms with van der Waals surface area (Å²) in [5.41, 5.74) is 5.13. The number of carbonyl (C=O) groups excluding carboxylic acids is 1. The molecule has 0 aliphatic heterocycles. The molecule has 11 nitrogen and oxygen atoms in total. The van der Waals surface area contributed by atoms with Gasteiger partial charge in [0.25, 0.3) is 5.91 Å². The van der Waals surface area contributed by atoms with Gasteiger partial charge in [-0.05, 0) is 37.6 Å². The molecule has 5 rings (SSSR count). The first-order valence-electron chi connectivity index (χ1n) is 12.7. The maximum atomic E-state index is 13.3. The molecular weight excluding hydrogens is 496 g/mol. The van der Waals surface area contributed by atoms with E-state index < -0.39 is 0 Å². The minimum absolute atomic E-state index is 0.264. The summed E-state index contributed by atoms with van der Waals surface area (Å²) < 4.78 is 16.4. The first-order valence-corrected chi connectivity index (χ1v) is 12.7. The molecule has 0 bridgehead atoms. The maximum Gasteiger partial charge on any atom is 0.270 e. The molecule has 1 aromatic carbocycles. The Morgan fingerprint density at radius 2 is 1.90 bits per heavy atom. The zero-order valence-corrected chi connectivity index (χ0v) is 23.0. The fourth-order valence-corrected chi connectivity index (χ4v) is 4.64. The predicted molar refractivity (Wildman–Crippen MR) is 148 cm³/mol. The van der Waals surface area contributed by atoms with Gasteiger partial charge in [0.15, 0.2) is 5.82 Å². The Balaban J connectivity index is 1.51. The second-order valence-electron chi connectivity index (χ2n) is 9.37. The number of pyridine rings is 1. The van der Waals surface area contributed by atoms with Gasteiger partial charge in [-0.25, -0.2) is 9.97 Å². The van der Waals surface area contributed by atoms with Gasteiger partial charge in [-0.1, -0.05) is 6.92 Å². The molecule has 0 saturated heterocycles. The van der Waals surface area contributed by atoms with E-state index in [1.54, 1.807) is 37.2 Å². The second kappa shape index (κ2) is 10.6. The van der Waals surface area contributed by atoms with Crippen molar-refractivity contribution in [3.05, 3.63) is 59.7 Å². The zero-order valence-electron chi connectivity index (χ0n) is 23.0. The molecule has 5 aromatic rings. The number of benzene rings is 1. The van der Waals surface area contributed by atoms with Crippen LogP contribution >= 0.6 is 0 Å². The Morgan fingerprint density at radius 1 is 1.08 bits per heavy atom. The number of fused-ring (bicyclic) bond motifs is 1. The number of carbonyl (C=O) groups is 1. The summed E-state index contributed by atoms with van der Waals surface area (Å²) in [6, 6.07) is 9.25. The molecule has 4 heterocycles. The SMILES string of the molecule is CCCn1nc(C)cc1-c1cn(C)c(-c2nc(C(=O)NCc3ccc(OC)cc3OC)cc3c2cnn3C)n1. The highest BCUT2D eigenvalue weighted by Crippen LogP contribution is 2.30. The molecule has 1 amide bonds. The number of aromatic nitrogens is 7. The Hall–Kier alpha value is -4.67. The Kier molecular flexibility index (Phi) is 7.05. The number of ether oxygens (including phenoxy) is 2. The van der Waals surface area contributed by atoms with E-state index in [4.69, 9.17) is 19.4 Å². The van der Waals surface area contributed by atoms with Crippen molar-refractivity contribution in [3.8, 4) is 34.4 Å². The summed E-state index contributed by atoms with van der Waals surface area (Å²) in [5, 5.41) is 12.8. The summed E-state index contributed by atoms with van der Waals surface area (Å²) in [4.78, 5) is 23.0. The van der Waals surface area contributed by atoms with E-state index >= 15 is 0 Å². The van der Waals surface area contributed by atoms with Gasteiger partial charge in [0.05, 0.1) is 37.3 Å². The summed E-state index contributed by atoms with van der Waals surface area (Å²) in [6.45, 7) is 5.16. The summed E-state index contributed by atoms with van der Waals surface area (Å²) in [6.07, 6.45) is 4.68. The first-order chi connectivity index (χ1) is 18.8. The predicted octanol–water partition coefficient (Wildman–Crippen LogP) is 3.90. The van der Waals surface area contributed by atoms with Crippen LogP contribution in [-0.4, -0.2) is 54.2 Å². The van der Waals surface area contributed by atoms with Crippen molar-refractivity contribution < 1.29 is 14.3 Å². The van der Waals surface area contributed by atoms with Gasteiger partial charge in [-0.15, -0.1) is 0 Å². The third-order valence-corrected chi connectivity index (χ3v) is 6.60. The van der Waals surface area contributed by atoms with Crippen LogP contribution in [-0.2, 0) is 27.2 Å². The normalized spacial score (nSPS) is 11.2. The van der Waals surface area contributed by atoms with Gasteiger partial charge in [-0.3, -0.25) is 14.2 Å². The zero-order chi connectivity index (χ0) is 27.7. The van der Waals surface area contributed by atoms with Crippen LogP contribution in [0.15, 0.2) is 42.7 Å². The van der Waals surface area contributed by atoms with Crippen LogP contribution in [0.5, 0.6) is 11.5 Å². The second-order valence-corrected chi connectivity index (χ2v) is 9.37. The number of amides is 1. The van der Waals surface area contributed by atoms with Crippen LogP contribution in [0.1, 0.15) is 35.1 Å². The van der Waals surface area contributed by atoms with Crippen LogP contribution in [0.2, 0.25) is 0 Å². The van der Waals surface area contributed by atoms with Gasteiger partial charge in [0, 0.05) is 50.4 Å². The molecule has 1 N–H and O–H groups in total. The Labute approximate surface area is 226 Å². The van der Waals surface area contributed by atoms with Gasteiger partial charge >= 0.3 is 0 Å². The number of hydrogen-bond donors (Lipinski definition) is 1. The van der Waals surface area contributed by atoms with Crippen molar-refractivity contribution >= 4 is 16.8 Å². The number of rotatable bonds is 9. The van der Waals surface area contributed by atoms with Crippen LogP contribution in [0.25, 0.3) is 33.8 Å². The molecule has 0 radical (unpaired) electrons. The maximum absolute atomic E-state index is 13.3. The summed E-state index contributed by atoms with van der Waals surface area (Å²) >= 11 is 0. The average molecular weight is 529 g/mol. The molecule has 0 saturated carbocycles. The highest BCUT2D eigenvalue weighted by molar-refractivity contribution is 5.99. The van der Waals surface area contributed by atoms with Crippen molar-refractivity contribution in [1.29, 1.82) is 0 Å². The van der Waals surface area contributed by atoms with Crippen LogP contribution < -0.4 is 14.8 Å². The van der Waals surface area contributed by atoms with Crippen LogP contribution in [0.3, 0.4) is 0 Å². The number of aryl methyl sites for hydroxylation is 4. The molecular formula is C28H32N8O3. The fourth-order valence-electron chi connectivity index (χ4n) is 4.64. The van der Waals surface area contributed by atoms with Gasteiger partial charge in [0.2, 0.25) is 0 Å². The number of hydrogen-bond acceptors (Lipinski definition) is 7. The molecule has 0 aliphatic rings. The average Bonchev–Trinajstić information content (AvgIpc) is 3.63. The topological polar surface area (TPSA) is 114 Å². The monoisotopic (exact) mass is 528 g/mol. The van der Waals surface area contributed by atoms with E-state index in [9.17, 15) is 4.79 Å². The van der Waals surface area contributed by atoms with E-state index in [2.05, 4.69) is 22.4 Å². The molecule has 0 spiro atoms. The van der Waals surface area contributed by atoms with Crippen molar-refractivity contribution in [2.75, 3.05) is 14.2 Å². The number of methoxy groups -OCH3 is 2. The van der Waals surface area contributed by atoms with Gasteiger partial charge in [0.1, 0.15) is 28.6 Å². The molecule has 11 heteroatoms. The quantitative estimate of drug-likeness (QED) is 0.309. The van der Waals surface area contributed by atoms with E-state index in [-0.39, 0.29) is 18.1 Å². The molecule has 0 aliphatic carbocycles. The summed E-state index contributed by atoms with van der Waals surface area (Å²) in [7, 11) is 6.94. The minimum Gasteiger partial charge on any atom is -0.497 e. The van der Waals surface area contributed by atoms with Crippen molar-refractivity contribution in [2.45, 2.75) is 33.4 Å². The standard InChI is InChI=1S/C28H32N8O3/c1-7-10-36-24(11-17(2)33-36)22-16-34(3)27(32-22)26-20-15-30-35(4)23(20)13-21(31-26)28(37)29-14-18-8-9-19(38-5)12-25(18)39-6/h8-9,11-13,15-16H,7,10,14H2,1-6H3,(H,29,37). The lowest BCUT2D eigenvalue weighted by atomic mass is 10.1. The lowest BCUT2D eigenvalue weighted by Gasteiger charge is -2.12. The molecule has 0 atom stereocenters. The van der Waals surface area contributed by atoms with Crippen molar-refractivity contribution in [1.82, 2.24) is 39.4 Å². The highest BCUT2D eigenvalue weighted by atomic mass is 16.5. The lowest BCUT2D eigenvalue weighted by molar-refractivity contribution is 0.0946. The largest absolute Gasteiger partial charge is 0.497 e. The number of nitrogens with zero attached hydrogens (tertiary/aromatic N) is 7. The molecule has 4 aromatic heterocycles. The Bertz CT molecular complexity index is 1660. The third kappa shape index (κ3) is 4.95. The first kappa shape index (κ1) is 26.0. The van der Waals surface area contributed by atoms with Crippen LogP contribution in [0, 0.1) is 6.92 Å². The fraction of sp³-hybridized carbons (Fsp3) is 0.321. The van der Waals surface area contributed by atoms with Gasteiger partial charge in [-0.2, -0.15) is 10.2 Å². The van der Waals surface area contributed by atoms with E-state index in [1.165, 1.54) is 0 Å². The van der Waals surface area contributed by atoms with E-state index in [0.717, 1.165) is 46.5 Å². The molecule has 0 fully saturated rings. The molecule has 39 heavy (non-hydrogen) atoms. The van der Waals surface area contributed by atoms with Crippen LogP contribution in [0.4, 0.5) is 0 Å². The lowest BCUT2D eigenvalue weighted by Crippen LogP contribution is -2.24. The van der Waals surface area contributed by atoms with E-state index in [0.29, 0.717) is 23.0 Å². The van der Waals surface area contributed by atoms with E-state index in [1.807, 2.05) is 54.7 Å². The van der Waals surface area contributed by atoms with Gasteiger partial charge < -0.3 is 19.4 Å². The number of imidazole rings is 1. The van der Waals surface area contributed by atoms with Crippen molar-refractivity contribution in [2.24, 2.45) is 14.1 Å². The summed E-state index contributed by atoms with van der Waals surface area (Å²) in [5.74, 6) is 1.63. The molecule has 0 unspecified atom stereocenters.